The van der Waals surface area contributed by atoms with E-state index in [1.807, 2.05) is 27.2 Å². The van der Waals surface area contributed by atoms with Crippen LogP contribution in [0.2, 0.25) is 0 Å². The predicted octanol–water partition coefficient (Wildman–Crippen LogP) is 17.9. The zero-order valence-corrected chi connectivity index (χ0v) is 48.3. The summed E-state index contributed by atoms with van der Waals surface area (Å²) < 4.78 is 23.4. The van der Waals surface area contributed by atoms with Crippen molar-refractivity contribution in [3.8, 4) is 0 Å². The first-order chi connectivity index (χ1) is 34.5. The van der Waals surface area contributed by atoms with E-state index in [1.165, 1.54) is 180 Å². The average molecular weight is 1020 g/mol. The monoisotopic (exact) mass is 1020 g/mol. The van der Waals surface area contributed by atoms with Crippen molar-refractivity contribution in [2.75, 3.05) is 40.9 Å². The number of carbonyl (C=O) groups excluding carboxylic acids is 1. The van der Waals surface area contributed by atoms with Gasteiger partial charge < -0.3 is 28.8 Å². The SMILES string of the molecule is CC/C=C\C/C=C\C/C=C\C/C=C\CCCCCCCCCCC(=O)NC(COP(=O)([O-])OCC[N+](C)(C)C)C(O)/C=C/CCCCCCCCCCCCCCCCCCCCCCCCCCCC. The number of allylic oxidation sites excluding steroid dienone is 9. The number of amides is 1. The highest BCUT2D eigenvalue weighted by Gasteiger charge is 2.23. The van der Waals surface area contributed by atoms with Gasteiger partial charge in [-0.2, -0.15) is 0 Å². The van der Waals surface area contributed by atoms with Gasteiger partial charge in [0.15, 0.2) is 0 Å². The van der Waals surface area contributed by atoms with Gasteiger partial charge in [-0.25, -0.2) is 0 Å². The number of hydrogen-bond acceptors (Lipinski definition) is 6. The molecule has 0 saturated carbocycles. The van der Waals surface area contributed by atoms with E-state index in [2.05, 4.69) is 67.8 Å². The highest BCUT2D eigenvalue weighted by Crippen LogP contribution is 2.38. The molecule has 0 bridgehead atoms. The molecular formula is C62H117N2O6P. The summed E-state index contributed by atoms with van der Waals surface area (Å²) in [5, 5.41) is 13.9. The molecule has 1 amide bonds. The molecule has 3 atom stereocenters. The summed E-state index contributed by atoms with van der Waals surface area (Å²) in [5.41, 5.74) is 0. The van der Waals surface area contributed by atoms with Crippen LogP contribution in [0.4, 0.5) is 0 Å². The fraction of sp³-hybridized carbons (Fsp3) is 0.823. The number of aliphatic hydroxyl groups is 1. The highest BCUT2D eigenvalue weighted by atomic mass is 31.2. The number of nitrogens with one attached hydrogen (secondary N) is 1. The minimum absolute atomic E-state index is 0.00454. The van der Waals surface area contributed by atoms with Crippen LogP contribution in [0.25, 0.3) is 0 Å². The molecule has 0 aliphatic carbocycles. The zero-order valence-electron chi connectivity index (χ0n) is 47.4. The van der Waals surface area contributed by atoms with Crippen molar-refractivity contribution < 1.29 is 32.9 Å². The quantitative estimate of drug-likeness (QED) is 0.0272. The minimum Gasteiger partial charge on any atom is -0.756 e. The van der Waals surface area contributed by atoms with Gasteiger partial charge in [-0.3, -0.25) is 9.36 Å². The maximum absolute atomic E-state index is 13.0. The molecule has 3 unspecified atom stereocenters. The largest absolute Gasteiger partial charge is 0.756 e. The molecule has 0 aliphatic rings. The summed E-state index contributed by atoms with van der Waals surface area (Å²) in [5.74, 6) is -0.205. The molecule has 71 heavy (non-hydrogen) atoms. The third-order valence-corrected chi connectivity index (χ3v) is 14.4. The number of likely N-dealkylation sites (N-methyl/N-ethyl adjacent to an activating group) is 1. The van der Waals surface area contributed by atoms with E-state index < -0.39 is 20.0 Å². The Hall–Kier alpha value is -1.80. The topological polar surface area (TPSA) is 108 Å². The maximum atomic E-state index is 13.0. The number of carbonyl (C=O) groups is 1. The summed E-state index contributed by atoms with van der Waals surface area (Å²) in [6.45, 7) is 4.56. The molecule has 0 rings (SSSR count). The number of nitrogens with zero attached hydrogens (tertiary/aromatic N) is 1. The second-order valence-electron chi connectivity index (χ2n) is 21.7. The first-order valence-corrected chi connectivity index (χ1v) is 31.6. The summed E-state index contributed by atoms with van der Waals surface area (Å²) in [6.07, 6.45) is 71.6. The lowest BCUT2D eigenvalue weighted by atomic mass is 10.0. The van der Waals surface area contributed by atoms with Gasteiger partial charge in [-0.15, -0.1) is 0 Å². The summed E-state index contributed by atoms with van der Waals surface area (Å²) in [7, 11) is 1.26. The summed E-state index contributed by atoms with van der Waals surface area (Å²) >= 11 is 0. The molecular weight excluding hydrogens is 900 g/mol. The van der Waals surface area contributed by atoms with Gasteiger partial charge in [0.05, 0.1) is 39.9 Å². The van der Waals surface area contributed by atoms with Crippen molar-refractivity contribution >= 4 is 13.7 Å². The van der Waals surface area contributed by atoms with Crippen LogP contribution in [-0.2, 0) is 18.4 Å². The number of hydrogen-bond donors (Lipinski definition) is 2. The third kappa shape index (κ3) is 55.8. The molecule has 0 aromatic heterocycles. The van der Waals surface area contributed by atoms with Crippen LogP contribution in [0.3, 0.4) is 0 Å². The van der Waals surface area contributed by atoms with E-state index in [9.17, 15) is 19.4 Å². The van der Waals surface area contributed by atoms with Crippen LogP contribution in [0.5, 0.6) is 0 Å². The Labute approximate surface area is 441 Å². The lowest BCUT2D eigenvalue weighted by Gasteiger charge is -2.29. The van der Waals surface area contributed by atoms with Crippen LogP contribution in [-0.4, -0.2) is 68.5 Å². The first kappa shape index (κ1) is 69.2. The Morgan fingerprint density at radius 1 is 0.507 bits per heavy atom. The first-order valence-electron chi connectivity index (χ1n) is 30.2. The van der Waals surface area contributed by atoms with E-state index in [-0.39, 0.29) is 19.1 Å². The molecule has 8 nitrogen and oxygen atoms in total. The number of rotatable bonds is 55. The van der Waals surface area contributed by atoms with Crippen LogP contribution in [0, 0.1) is 0 Å². The predicted molar refractivity (Wildman–Crippen MR) is 307 cm³/mol. The maximum Gasteiger partial charge on any atom is 0.268 e. The average Bonchev–Trinajstić information content (AvgIpc) is 3.33. The highest BCUT2D eigenvalue weighted by molar-refractivity contribution is 7.45. The van der Waals surface area contributed by atoms with Gasteiger partial charge >= 0.3 is 0 Å². The van der Waals surface area contributed by atoms with Gasteiger partial charge in [0.1, 0.15) is 13.2 Å². The second kappa shape index (κ2) is 53.0. The molecule has 2 N–H and O–H groups in total. The normalized spacial score (nSPS) is 14.3. The molecule has 0 aromatic rings. The molecule has 0 heterocycles. The fourth-order valence-electron chi connectivity index (χ4n) is 8.79. The van der Waals surface area contributed by atoms with Gasteiger partial charge in [0.2, 0.25) is 5.91 Å². The van der Waals surface area contributed by atoms with Crippen molar-refractivity contribution in [3.63, 3.8) is 0 Å². The van der Waals surface area contributed by atoms with E-state index in [0.717, 1.165) is 77.0 Å². The number of aliphatic hydroxyl groups excluding tert-OH is 1. The zero-order chi connectivity index (χ0) is 52.0. The van der Waals surface area contributed by atoms with E-state index in [4.69, 9.17) is 9.05 Å². The lowest BCUT2D eigenvalue weighted by Crippen LogP contribution is -2.45. The molecule has 0 saturated heterocycles. The van der Waals surface area contributed by atoms with Gasteiger partial charge in [0.25, 0.3) is 7.82 Å². The van der Waals surface area contributed by atoms with Crippen LogP contribution >= 0.6 is 7.82 Å². The fourth-order valence-corrected chi connectivity index (χ4v) is 9.52. The van der Waals surface area contributed by atoms with Crippen LogP contribution < -0.4 is 10.2 Å². The Morgan fingerprint density at radius 2 is 0.859 bits per heavy atom. The number of quaternary nitrogens is 1. The van der Waals surface area contributed by atoms with Crippen molar-refractivity contribution in [1.29, 1.82) is 0 Å². The Morgan fingerprint density at radius 3 is 1.25 bits per heavy atom. The Balaban J connectivity index is 4.18. The van der Waals surface area contributed by atoms with E-state index in [1.54, 1.807) is 6.08 Å². The van der Waals surface area contributed by atoms with Gasteiger partial charge in [-0.05, 0) is 57.8 Å². The minimum atomic E-state index is -4.60. The smallest absolute Gasteiger partial charge is 0.268 e. The standard InChI is InChI=1S/C62H117N2O6P/c1-6-8-10-12-14-16-18-20-22-24-26-28-29-30-31-32-33-34-36-37-39-41-43-45-47-49-51-53-55-61(65)60(59-70-71(67,68)69-58-57-64(3,4)5)63-62(66)56-54-52-50-48-46-44-42-40-38-35-27-25-23-21-19-17-15-13-11-9-7-2/h9,11,15,17,21,23,27,35,53,55,60-61,65H,6-8,10,12-14,16,18-20,22,24-26,28-34,36-52,54,56-59H2,1-5H3,(H-,63,66,67,68)/b11-9-,17-15-,23-21-,35-27-,55-53+. The Kier molecular flexibility index (Phi) is 51.7. The number of phosphoric ester groups is 1. The van der Waals surface area contributed by atoms with Crippen molar-refractivity contribution in [3.05, 3.63) is 60.8 Å². The second-order valence-corrected chi connectivity index (χ2v) is 23.1. The van der Waals surface area contributed by atoms with Crippen LogP contribution in [0.1, 0.15) is 277 Å². The summed E-state index contributed by atoms with van der Waals surface area (Å²) in [4.78, 5) is 25.5. The Bertz CT molecular complexity index is 1340. The lowest BCUT2D eigenvalue weighted by molar-refractivity contribution is -0.870. The van der Waals surface area contributed by atoms with E-state index in [0.29, 0.717) is 17.4 Å². The summed E-state index contributed by atoms with van der Waals surface area (Å²) in [6, 6.07) is -0.895. The third-order valence-electron chi connectivity index (χ3n) is 13.5. The number of unbranched alkanes of at least 4 members (excludes halogenated alkanes) is 34. The van der Waals surface area contributed by atoms with Crippen molar-refractivity contribution in [2.45, 2.75) is 289 Å². The van der Waals surface area contributed by atoms with E-state index >= 15 is 0 Å². The van der Waals surface area contributed by atoms with Crippen LogP contribution in [0.15, 0.2) is 60.8 Å². The van der Waals surface area contributed by atoms with Gasteiger partial charge in [0, 0.05) is 6.42 Å². The molecule has 0 spiro atoms. The van der Waals surface area contributed by atoms with Crippen molar-refractivity contribution in [1.82, 2.24) is 5.32 Å². The number of phosphoric acid groups is 1. The van der Waals surface area contributed by atoms with Crippen molar-refractivity contribution in [2.24, 2.45) is 0 Å². The van der Waals surface area contributed by atoms with Gasteiger partial charge in [-0.1, -0.05) is 274 Å². The molecule has 416 valence electrons. The molecule has 0 fully saturated rings. The molecule has 0 radical (unpaired) electrons. The molecule has 9 heteroatoms. The molecule has 0 aliphatic heterocycles. The molecule has 0 aromatic carbocycles.